The minimum atomic E-state index is -0.301. The van der Waals surface area contributed by atoms with Crippen molar-refractivity contribution in [2.45, 2.75) is 13.5 Å². The lowest BCUT2D eigenvalue weighted by Crippen LogP contribution is -2.20. The third kappa shape index (κ3) is 2.98. The molecule has 0 atom stereocenters. The van der Waals surface area contributed by atoms with E-state index in [0.717, 1.165) is 22.3 Å². The molecular weight excluding hydrogens is 335 g/mol. The molecular formula is C20H15FN2OS. The van der Waals surface area contributed by atoms with Gasteiger partial charge in [-0.1, -0.05) is 42.0 Å². The number of halogens is 1. The van der Waals surface area contributed by atoms with Crippen molar-refractivity contribution in [1.29, 1.82) is 0 Å². The number of thiophene rings is 1. The second-order valence-corrected chi connectivity index (χ2v) is 6.88. The minimum absolute atomic E-state index is 0.0702. The number of benzene rings is 2. The van der Waals surface area contributed by atoms with Crippen LogP contribution >= 0.6 is 11.3 Å². The summed E-state index contributed by atoms with van der Waals surface area (Å²) >= 11 is 1.35. The lowest BCUT2D eigenvalue weighted by molar-refractivity contribution is 0.628. The zero-order valence-corrected chi connectivity index (χ0v) is 14.4. The van der Waals surface area contributed by atoms with Gasteiger partial charge < -0.3 is 0 Å². The summed E-state index contributed by atoms with van der Waals surface area (Å²) in [5, 5.41) is 1.87. The molecule has 0 aliphatic rings. The van der Waals surface area contributed by atoms with Gasteiger partial charge in [0.2, 0.25) is 0 Å². The quantitative estimate of drug-likeness (QED) is 0.540. The number of nitrogens with zero attached hydrogens (tertiary/aromatic N) is 2. The summed E-state index contributed by atoms with van der Waals surface area (Å²) in [7, 11) is 0. The molecule has 0 spiro atoms. The van der Waals surface area contributed by atoms with Crippen molar-refractivity contribution in [2.24, 2.45) is 0 Å². The van der Waals surface area contributed by atoms with Crippen LogP contribution in [0.4, 0.5) is 4.39 Å². The van der Waals surface area contributed by atoms with Gasteiger partial charge in [0.25, 0.3) is 5.56 Å². The lowest BCUT2D eigenvalue weighted by Gasteiger charge is -2.07. The summed E-state index contributed by atoms with van der Waals surface area (Å²) in [4.78, 5) is 17.3. The van der Waals surface area contributed by atoms with Gasteiger partial charge in [0, 0.05) is 10.9 Å². The Morgan fingerprint density at radius 1 is 1.16 bits per heavy atom. The number of hydrogen-bond acceptors (Lipinski definition) is 3. The van der Waals surface area contributed by atoms with Crippen molar-refractivity contribution in [2.75, 3.05) is 0 Å². The zero-order valence-electron chi connectivity index (χ0n) is 13.6. The van der Waals surface area contributed by atoms with Gasteiger partial charge >= 0.3 is 0 Å². The second kappa shape index (κ2) is 6.26. The number of rotatable bonds is 3. The van der Waals surface area contributed by atoms with E-state index in [9.17, 15) is 9.18 Å². The van der Waals surface area contributed by atoms with Crippen LogP contribution in [-0.2, 0) is 6.54 Å². The number of aryl methyl sites for hydroxylation is 1. The molecule has 0 amide bonds. The predicted molar refractivity (Wildman–Crippen MR) is 99.6 cm³/mol. The van der Waals surface area contributed by atoms with Gasteiger partial charge in [0.15, 0.2) is 0 Å². The first-order valence-electron chi connectivity index (χ1n) is 7.90. The standard InChI is InChI=1S/C20H15FN2OS/c1-13-4-2-5-14(8-13)10-23-12-22-18-17(11-25-19(18)20(23)24)15-6-3-7-16(21)9-15/h2-9,11-12H,10H2,1H3. The molecule has 4 aromatic rings. The average Bonchev–Trinajstić information content (AvgIpc) is 3.02. The molecule has 0 unspecified atom stereocenters. The summed E-state index contributed by atoms with van der Waals surface area (Å²) in [5.41, 5.74) is 4.29. The summed E-state index contributed by atoms with van der Waals surface area (Å²) in [6, 6.07) is 14.4. The number of hydrogen-bond donors (Lipinski definition) is 0. The molecule has 5 heteroatoms. The molecule has 0 fully saturated rings. The maximum absolute atomic E-state index is 13.5. The van der Waals surface area contributed by atoms with Gasteiger partial charge in [-0.25, -0.2) is 9.37 Å². The maximum Gasteiger partial charge on any atom is 0.271 e. The Hall–Kier alpha value is -2.79. The molecule has 2 heterocycles. The van der Waals surface area contributed by atoms with Gasteiger partial charge in [0.05, 0.1) is 18.4 Å². The predicted octanol–water partition coefficient (Wildman–Crippen LogP) is 4.62. The molecule has 2 aromatic carbocycles. The van der Waals surface area contributed by atoms with Gasteiger partial charge in [-0.05, 0) is 30.2 Å². The first-order valence-corrected chi connectivity index (χ1v) is 8.78. The fourth-order valence-corrected chi connectivity index (χ4v) is 3.90. The molecule has 4 rings (SSSR count). The third-order valence-corrected chi connectivity index (χ3v) is 5.07. The first-order chi connectivity index (χ1) is 12.1. The monoisotopic (exact) mass is 350 g/mol. The van der Waals surface area contributed by atoms with E-state index < -0.39 is 0 Å². The molecule has 124 valence electrons. The summed E-state index contributed by atoms with van der Waals surface area (Å²) < 4.78 is 15.7. The van der Waals surface area contributed by atoms with E-state index in [1.165, 1.54) is 23.5 Å². The largest absolute Gasteiger partial charge is 0.294 e. The Balaban J connectivity index is 1.78. The molecule has 0 radical (unpaired) electrons. The summed E-state index contributed by atoms with van der Waals surface area (Å²) in [6.07, 6.45) is 1.57. The van der Waals surface area contributed by atoms with Crippen molar-refractivity contribution in [3.05, 3.63) is 87.5 Å². The van der Waals surface area contributed by atoms with Gasteiger partial charge in [-0.15, -0.1) is 11.3 Å². The smallest absolute Gasteiger partial charge is 0.271 e. The fraction of sp³-hybridized carbons (Fsp3) is 0.100. The molecule has 25 heavy (non-hydrogen) atoms. The van der Waals surface area contributed by atoms with E-state index in [1.807, 2.05) is 36.6 Å². The Morgan fingerprint density at radius 3 is 2.80 bits per heavy atom. The molecule has 0 saturated heterocycles. The van der Waals surface area contributed by atoms with Crippen LogP contribution in [0.2, 0.25) is 0 Å². The van der Waals surface area contributed by atoms with Crippen molar-refractivity contribution >= 4 is 21.6 Å². The van der Waals surface area contributed by atoms with E-state index in [0.29, 0.717) is 16.8 Å². The molecule has 0 aliphatic heterocycles. The topological polar surface area (TPSA) is 34.9 Å². The van der Waals surface area contributed by atoms with Crippen LogP contribution in [0.3, 0.4) is 0 Å². The molecule has 3 nitrogen and oxygen atoms in total. The van der Waals surface area contributed by atoms with E-state index in [4.69, 9.17) is 0 Å². The highest BCUT2D eigenvalue weighted by atomic mass is 32.1. The van der Waals surface area contributed by atoms with Gasteiger partial charge in [-0.2, -0.15) is 0 Å². The van der Waals surface area contributed by atoms with Crippen LogP contribution in [0.15, 0.2) is 65.0 Å². The molecule has 0 bridgehead atoms. The van der Waals surface area contributed by atoms with E-state index in [2.05, 4.69) is 11.1 Å². The highest BCUT2D eigenvalue weighted by Crippen LogP contribution is 2.31. The molecule has 0 N–H and O–H groups in total. The van der Waals surface area contributed by atoms with E-state index in [-0.39, 0.29) is 11.4 Å². The van der Waals surface area contributed by atoms with Crippen molar-refractivity contribution in [3.63, 3.8) is 0 Å². The average molecular weight is 350 g/mol. The van der Waals surface area contributed by atoms with Crippen LogP contribution in [0.1, 0.15) is 11.1 Å². The molecule has 0 saturated carbocycles. The minimum Gasteiger partial charge on any atom is -0.294 e. The first kappa shape index (κ1) is 15.7. The number of aromatic nitrogens is 2. The Bertz CT molecular complexity index is 1130. The van der Waals surface area contributed by atoms with Crippen molar-refractivity contribution in [1.82, 2.24) is 9.55 Å². The van der Waals surface area contributed by atoms with E-state index >= 15 is 0 Å². The molecule has 2 aromatic heterocycles. The highest BCUT2D eigenvalue weighted by molar-refractivity contribution is 7.17. The maximum atomic E-state index is 13.5. The normalized spacial score (nSPS) is 11.1. The lowest BCUT2D eigenvalue weighted by atomic mass is 10.1. The van der Waals surface area contributed by atoms with E-state index in [1.54, 1.807) is 17.0 Å². The van der Waals surface area contributed by atoms with Crippen LogP contribution in [0.25, 0.3) is 21.3 Å². The second-order valence-electron chi connectivity index (χ2n) is 6.00. The Labute approximate surface area is 148 Å². The Kier molecular flexibility index (Phi) is 3.93. The van der Waals surface area contributed by atoms with Crippen LogP contribution in [0.5, 0.6) is 0 Å². The van der Waals surface area contributed by atoms with Gasteiger partial charge in [-0.3, -0.25) is 9.36 Å². The third-order valence-electron chi connectivity index (χ3n) is 4.12. The summed E-state index contributed by atoms with van der Waals surface area (Å²) in [6.45, 7) is 2.51. The van der Waals surface area contributed by atoms with Crippen molar-refractivity contribution < 1.29 is 4.39 Å². The SMILES string of the molecule is Cc1cccc(Cn2cnc3c(-c4cccc(F)c4)csc3c2=O)c1. The Morgan fingerprint density at radius 2 is 2.00 bits per heavy atom. The van der Waals surface area contributed by atoms with Gasteiger partial charge in [0.1, 0.15) is 10.5 Å². The van der Waals surface area contributed by atoms with Crippen LogP contribution < -0.4 is 5.56 Å². The highest BCUT2D eigenvalue weighted by Gasteiger charge is 2.13. The fourth-order valence-electron chi connectivity index (χ4n) is 2.92. The number of fused-ring (bicyclic) bond motifs is 1. The van der Waals surface area contributed by atoms with Crippen LogP contribution in [-0.4, -0.2) is 9.55 Å². The zero-order chi connectivity index (χ0) is 17.4. The summed E-state index contributed by atoms with van der Waals surface area (Å²) in [5.74, 6) is -0.301. The van der Waals surface area contributed by atoms with Crippen molar-refractivity contribution in [3.8, 4) is 11.1 Å². The van der Waals surface area contributed by atoms with Crippen LogP contribution in [0, 0.1) is 12.7 Å². The molecule has 0 aliphatic carbocycles.